The Morgan fingerprint density at radius 1 is 1.20 bits per heavy atom. The molecule has 3 rings (SSSR count). The van der Waals surface area contributed by atoms with E-state index in [2.05, 4.69) is 15.0 Å². The molecule has 0 radical (unpaired) electrons. The number of aliphatic carboxylic acids is 1. The number of sulfonamides is 1. The fourth-order valence-corrected chi connectivity index (χ4v) is 6.25. The number of carboxylic acid groups (broad SMARTS) is 1. The Morgan fingerprint density at radius 3 is 2.35 bits per heavy atom. The molecule has 15 heteroatoms. The molecule has 0 atom stereocenters. The van der Waals surface area contributed by atoms with Gasteiger partial charge in [-0.3, -0.25) is 0 Å². The zero-order chi connectivity index (χ0) is 30.3. The van der Waals surface area contributed by atoms with Crippen LogP contribution in [0.1, 0.15) is 43.5 Å². The molecule has 0 fully saturated rings. The van der Waals surface area contributed by atoms with E-state index in [9.17, 15) is 30.8 Å². The Morgan fingerprint density at radius 2 is 1.85 bits per heavy atom. The van der Waals surface area contributed by atoms with Gasteiger partial charge >= 0.3 is 18.2 Å². The number of carbonyl (C=O) groups is 2. The molecule has 0 bridgehead atoms. The number of carbonyl (C=O) groups excluding carboxylic acids is 1. The minimum atomic E-state index is -5.08. The fraction of sp³-hybridized carbons (Fsp3) is 0.400. The standard InChI is InChI=1S/C23H29FN4O3S2.C2HF3O2/c1-5-8-26-23(29)27-33(30,31)22-20(13-19(32-22)11-15(2)3)17-6-7-18(21(24)12-17)14-28-10-9-25-16(28)4;3-2(4,5)1(6)7/h6-7,9-10,12-13,15H,5,8,11,14H2,1-4H3,(H2,26,27,29);(H,6,7). The molecule has 0 spiro atoms. The topological polar surface area (TPSA) is 130 Å². The van der Waals surface area contributed by atoms with Crippen LogP contribution in [0.3, 0.4) is 0 Å². The van der Waals surface area contributed by atoms with Crippen LogP contribution in [0.25, 0.3) is 11.1 Å². The summed E-state index contributed by atoms with van der Waals surface area (Å²) in [6.45, 7) is 8.48. The first kappa shape index (κ1) is 32.8. The third kappa shape index (κ3) is 9.33. The first-order valence-electron chi connectivity index (χ1n) is 12.0. The van der Waals surface area contributed by atoms with Crippen LogP contribution in [0.4, 0.5) is 22.4 Å². The molecule has 3 N–H and O–H groups in total. The molecule has 0 unspecified atom stereocenters. The van der Waals surface area contributed by atoms with E-state index >= 15 is 0 Å². The molecule has 1 aromatic carbocycles. The highest BCUT2D eigenvalue weighted by molar-refractivity contribution is 7.92. The van der Waals surface area contributed by atoms with Crippen molar-refractivity contribution in [3.8, 4) is 11.1 Å². The molecule has 0 saturated carbocycles. The Kier molecular flexibility index (Phi) is 11.3. The Hall–Kier alpha value is -3.46. The maximum absolute atomic E-state index is 15.0. The van der Waals surface area contributed by atoms with Gasteiger partial charge in [0.15, 0.2) is 0 Å². The van der Waals surface area contributed by atoms with Gasteiger partial charge in [-0.2, -0.15) is 13.2 Å². The van der Waals surface area contributed by atoms with Crippen LogP contribution in [0, 0.1) is 18.7 Å². The van der Waals surface area contributed by atoms with Gasteiger partial charge < -0.3 is 15.0 Å². The van der Waals surface area contributed by atoms with Gasteiger partial charge in [0.25, 0.3) is 10.0 Å². The SMILES string of the molecule is CCCNC(=O)NS(=O)(=O)c1sc(CC(C)C)cc1-c1ccc(Cn2ccnc2C)c(F)c1.O=C(O)C(F)(F)F. The summed E-state index contributed by atoms with van der Waals surface area (Å²) in [4.78, 5) is 25.9. The van der Waals surface area contributed by atoms with Gasteiger partial charge in [0.05, 0.1) is 6.54 Å². The summed E-state index contributed by atoms with van der Waals surface area (Å²) >= 11 is 1.11. The number of thiophene rings is 1. The molecule has 40 heavy (non-hydrogen) atoms. The first-order valence-corrected chi connectivity index (χ1v) is 14.3. The van der Waals surface area contributed by atoms with Gasteiger partial charge in [0, 0.05) is 34.9 Å². The summed E-state index contributed by atoms with van der Waals surface area (Å²) in [6, 6.07) is 5.71. The molecule has 3 aromatic rings. The molecule has 9 nitrogen and oxygen atoms in total. The number of imidazole rings is 1. The maximum atomic E-state index is 15.0. The third-order valence-corrected chi connectivity index (χ3v) is 8.26. The van der Waals surface area contributed by atoms with Gasteiger partial charge in [0.2, 0.25) is 0 Å². The van der Waals surface area contributed by atoms with E-state index in [1.165, 1.54) is 6.07 Å². The molecule has 2 aromatic heterocycles. The number of carboxylic acids is 1. The third-order valence-electron chi connectivity index (χ3n) is 5.24. The Labute approximate surface area is 233 Å². The van der Waals surface area contributed by atoms with Crippen molar-refractivity contribution in [3.63, 3.8) is 0 Å². The molecule has 2 amide bonds. The lowest BCUT2D eigenvalue weighted by Crippen LogP contribution is -2.39. The molecule has 220 valence electrons. The first-order chi connectivity index (χ1) is 18.5. The molecule has 0 aliphatic rings. The van der Waals surface area contributed by atoms with E-state index in [-0.39, 0.29) is 4.21 Å². The summed E-state index contributed by atoms with van der Waals surface area (Å²) in [5, 5.41) is 9.63. The number of urea groups is 1. The van der Waals surface area contributed by atoms with Crippen molar-refractivity contribution in [1.82, 2.24) is 19.6 Å². The number of aromatic nitrogens is 2. The highest BCUT2D eigenvalue weighted by Crippen LogP contribution is 2.37. The van der Waals surface area contributed by atoms with E-state index in [0.717, 1.165) is 22.0 Å². The van der Waals surface area contributed by atoms with E-state index in [1.807, 2.05) is 32.3 Å². The average Bonchev–Trinajstić information content (AvgIpc) is 3.44. The number of hydrogen-bond donors (Lipinski definition) is 3. The Balaban J connectivity index is 0.000000708. The lowest BCUT2D eigenvalue weighted by molar-refractivity contribution is -0.192. The molecular weight excluding hydrogens is 576 g/mol. The predicted molar refractivity (Wildman–Crippen MR) is 142 cm³/mol. The smallest absolute Gasteiger partial charge is 0.475 e. The van der Waals surface area contributed by atoms with Crippen molar-refractivity contribution in [2.75, 3.05) is 6.54 Å². The number of aryl methyl sites for hydroxylation is 1. The number of amides is 2. The quantitative estimate of drug-likeness (QED) is 0.282. The number of halogens is 4. The largest absolute Gasteiger partial charge is 0.490 e. The number of nitrogens with one attached hydrogen (secondary N) is 2. The van der Waals surface area contributed by atoms with Gasteiger partial charge in [-0.05, 0) is 43.4 Å². The van der Waals surface area contributed by atoms with Crippen LogP contribution in [-0.4, -0.2) is 47.8 Å². The number of hydrogen-bond acceptors (Lipinski definition) is 6. The number of nitrogens with zero attached hydrogens (tertiary/aromatic N) is 2. The zero-order valence-electron chi connectivity index (χ0n) is 22.2. The molecule has 0 saturated heterocycles. The van der Waals surface area contributed by atoms with Gasteiger partial charge in [-0.15, -0.1) is 11.3 Å². The molecule has 2 heterocycles. The van der Waals surface area contributed by atoms with Crippen molar-refractivity contribution in [1.29, 1.82) is 0 Å². The minimum absolute atomic E-state index is 0.00222. The highest BCUT2D eigenvalue weighted by atomic mass is 32.2. The Bertz CT molecular complexity index is 1430. The number of rotatable bonds is 9. The van der Waals surface area contributed by atoms with Crippen LogP contribution in [0.2, 0.25) is 0 Å². The lowest BCUT2D eigenvalue weighted by atomic mass is 10.0. The van der Waals surface area contributed by atoms with E-state index in [4.69, 9.17) is 9.90 Å². The summed E-state index contributed by atoms with van der Waals surface area (Å²) in [6.07, 6.45) is -0.292. The van der Waals surface area contributed by atoms with Crippen LogP contribution in [0.5, 0.6) is 0 Å². The van der Waals surface area contributed by atoms with E-state index < -0.39 is 34.0 Å². The van der Waals surface area contributed by atoms with Crippen molar-refractivity contribution >= 4 is 33.4 Å². The van der Waals surface area contributed by atoms with Crippen molar-refractivity contribution in [3.05, 3.63) is 58.7 Å². The second-order valence-corrected chi connectivity index (χ2v) is 12.1. The normalized spacial score (nSPS) is 11.6. The summed E-state index contributed by atoms with van der Waals surface area (Å²) in [5.41, 5.74) is 1.30. The lowest BCUT2D eigenvalue weighted by Gasteiger charge is -2.10. The van der Waals surface area contributed by atoms with Crippen LogP contribution >= 0.6 is 11.3 Å². The number of alkyl halides is 3. The van der Waals surface area contributed by atoms with Crippen LogP contribution in [-0.2, 0) is 27.8 Å². The maximum Gasteiger partial charge on any atom is 0.490 e. The fourth-order valence-electron chi connectivity index (χ4n) is 3.37. The average molecular weight is 607 g/mol. The monoisotopic (exact) mass is 606 g/mol. The van der Waals surface area contributed by atoms with Gasteiger partial charge in [-0.25, -0.2) is 32.1 Å². The van der Waals surface area contributed by atoms with Gasteiger partial charge in [0.1, 0.15) is 15.9 Å². The molecule has 0 aliphatic heterocycles. The van der Waals surface area contributed by atoms with Crippen molar-refractivity contribution in [2.45, 2.75) is 57.5 Å². The second kappa shape index (κ2) is 13.7. The predicted octanol–water partition coefficient (Wildman–Crippen LogP) is 5.34. The van der Waals surface area contributed by atoms with Gasteiger partial charge in [-0.1, -0.05) is 32.9 Å². The van der Waals surface area contributed by atoms with Crippen molar-refractivity contribution in [2.24, 2.45) is 5.92 Å². The molecule has 0 aliphatic carbocycles. The van der Waals surface area contributed by atoms with Crippen molar-refractivity contribution < 1.29 is 40.7 Å². The summed E-state index contributed by atoms with van der Waals surface area (Å²) in [5.74, 6) is -2.11. The highest BCUT2D eigenvalue weighted by Gasteiger charge is 2.38. The number of benzene rings is 1. The van der Waals surface area contributed by atoms with E-state index in [1.54, 1.807) is 30.6 Å². The molecular formula is C25H30F4N4O5S2. The van der Waals surface area contributed by atoms with Crippen LogP contribution < -0.4 is 10.0 Å². The van der Waals surface area contributed by atoms with E-state index in [0.29, 0.717) is 48.5 Å². The zero-order valence-corrected chi connectivity index (χ0v) is 23.8. The second-order valence-electron chi connectivity index (χ2n) is 9.08. The summed E-state index contributed by atoms with van der Waals surface area (Å²) in [7, 11) is -4.13. The summed E-state index contributed by atoms with van der Waals surface area (Å²) < 4.78 is 76.7. The van der Waals surface area contributed by atoms with Crippen LogP contribution in [0.15, 0.2) is 40.9 Å². The minimum Gasteiger partial charge on any atom is -0.475 e.